The van der Waals surface area contributed by atoms with Crippen LogP contribution < -0.4 is 10.6 Å². The number of amides is 1. The summed E-state index contributed by atoms with van der Waals surface area (Å²) in [4.78, 5) is 23.6. The number of nitrogens with zero attached hydrogens (tertiary/aromatic N) is 2. The Kier molecular flexibility index (Phi) is 4.39. The van der Waals surface area contributed by atoms with E-state index in [1.165, 1.54) is 23.1 Å². The van der Waals surface area contributed by atoms with Crippen LogP contribution in [0.15, 0.2) is 22.5 Å². The van der Waals surface area contributed by atoms with Crippen LogP contribution >= 0.6 is 23.1 Å². The minimum Gasteiger partial charge on any atom is -0.360 e. The summed E-state index contributed by atoms with van der Waals surface area (Å²) in [6.07, 6.45) is 0.339. The SMILES string of the molecule is CCNc1nnc(SCC(=O)c2ccc3c(c2)CC(=O)N3)s1. The second-order valence-corrected chi connectivity index (χ2v) is 6.91. The van der Waals surface area contributed by atoms with Crippen LogP contribution in [-0.4, -0.2) is 34.2 Å². The van der Waals surface area contributed by atoms with E-state index >= 15 is 0 Å². The van der Waals surface area contributed by atoms with E-state index in [1.807, 2.05) is 6.92 Å². The second kappa shape index (κ2) is 6.45. The number of thioether (sulfide) groups is 1. The number of ketones is 1. The maximum Gasteiger partial charge on any atom is 0.228 e. The van der Waals surface area contributed by atoms with Gasteiger partial charge in [0, 0.05) is 17.8 Å². The summed E-state index contributed by atoms with van der Waals surface area (Å²) in [6, 6.07) is 5.32. The number of carbonyl (C=O) groups excluding carboxylic acids is 2. The number of hydrogen-bond acceptors (Lipinski definition) is 7. The molecule has 0 aliphatic carbocycles. The number of nitrogens with one attached hydrogen (secondary N) is 2. The van der Waals surface area contributed by atoms with Crippen LogP contribution in [0.25, 0.3) is 0 Å². The molecule has 0 saturated carbocycles. The smallest absolute Gasteiger partial charge is 0.228 e. The van der Waals surface area contributed by atoms with Crippen molar-refractivity contribution in [3.8, 4) is 0 Å². The summed E-state index contributed by atoms with van der Waals surface area (Å²) in [6.45, 7) is 2.78. The molecule has 0 atom stereocenters. The number of anilines is 2. The van der Waals surface area contributed by atoms with Crippen molar-refractivity contribution in [2.75, 3.05) is 22.9 Å². The lowest BCUT2D eigenvalue weighted by Gasteiger charge is -2.02. The fourth-order valence-corrected chi connectivity index (χ4v) is 3.82. The first-order valence-electron chi connectivity index (χ1n) is 6.82. The van der Waals surface area contributed by atoms with Crippen LogP contribution in [0.4, 0.5) is 10.8 Å². The van der Waals surface area contributed by atoms with Gasteiger partial charge in [-0.15, -0.1) is 10.2 Å². The number of hydrogen-bond donors (Lipinski definition) is 2. The average Bonchev–Trinajstić information content (AvgIpc) is 3.09. The molecule has 2 heterocycles. The molecule has 0 fully saturated rings. The molecule has 8 heteroatoms. The molecule has 1 aromatic carbocycles. The molecule has 2 N–H and O–H groups in total. The zero-order chi connectivity index (χ0) is 15.5. The lowest BCUT2D eigenvalue weighted by Crippen LogP contribution is -2.03. The van der Waals surface area contributed by atoms with Gasteiger partial charge in [-0.3, -0.25) is 9.59 Å². The third kappa shape index (κ3) is 3.28. The Bertz CT molecular complexity index is 729. The molecule has 2 aromatic rings. The first-order valence-corrected chi connectivity index (χ1v) is 8.62. The molecular formula is C14H14N4O2S2. The second-order valence-electron chi connectivity index (χ2n) is 4.71. The minimum atomic E-state index is -0.0289. The Morgan fingerprint density at radius 2 is 2.32 bits per heavy atom. The Hall–Kier alpha value is -1.93. The van der Waals surface area contributed by atoms with E-state index in [0.29, 0.717) is 17.7 Å². The van der Waals surface area contributed by atoms with E-state index in [4.69, 9.17) is 0 Å². The van der Waals surface area contributed by atoms with Gasteiger partial charge in [-0.05, 0) is 30.7 Å². The molecule has 1 aliphatic heterocycles. The number of Topliss-reactive ketones (excluding diaryl/α,β-unsaturated/α-hetero) is 1. The highest BCUT2D eigenvalue weighted by Gasteiger charge is 2.19. The molecule has 1 aliphatic rings. The molecule has 1 aromatic heterocycles. The van der Waals surface area contributed by atoms with Crippen LogP contribution in [0.2, 0.25) is 0 Å². The lowest BCUT2D eigenvalue weighted by molar-refractivity contribution is -0.115. The quantitative estimate of drug-likeness (QED) is 0.623. The van der Waals surface area contributed by atoms with E-state index in [1.54, 1.807) is 18.2 Å². The van der Waals surface area contributed by atoms with Gasteiger partial charge in [-0.1, -0.05) is 23.1 Å². The fourth-order valence-electron chi connectivity index (χ4n) is 2.10. The molecule has 114 valence electrons. The van der Waals surface area contributed by atoms with Crippen molar-refractivity contribution in [1.29, 1.82) is 0 Å². The van der Waals surface area contributed by atoms with Gasteiger partial charge in [0.2, 0.25) is 11.0 Å². The zero-order valence-electron chi connectivity index (χ0n) is 11.9. The van der Waals surface area contributed by atoms with Gasteiger partial charge in [0.1, 0.15) is 0 Å². The number of benzene rings is 1. The fraction of sp³-hybridized carbons (Fsp3) is 0.286. The van der Waals surface area contributed by atoms with E-state index in [0.717, 1.165) is 27.3 Å². The zero-order valence-corrected chi connectivity index (χ0v) is 13.5. The van der Waals surface area contributed by atoms with Gasteiger partial charge < -0.3 is 10.6 Å². The summed E-state index contributed by atoms with van der Waals surface area (Å²) < 4.78 is 0.766. The number of fused-ring (bicyclic) bond motifs is 1. The number of carbonyl (C=O) groups is 2. The first-order chi connectivity index (χ1) is 10.7. The summed E-state index contributed by atoms with van der Waals surface area (Å²) in [7, 11) is 0. The van der Waals surface area contributed by atoms with Crippen LogP contribution in [-0.2, 0) is 11.2 Å². The molecule has 6 nitrogen and oxygen atoms in total. The van der Waals surface area contributed by atoms with E-state index < -0.39 is 0 Å². The molecule has 22 heavy (non-hydrogen) atoms. The van der Waals surface area contributed by atoms with Crippen molar-refractivity contribution in [2.24, 2.45) is 0 Å². The standard InChI is InChI=1S/C14H14N4O2S2/c1-2-15-13-17-18-14(22-13)21-7-11(19)8-3-4-10-9(5-8)6-12(20)16-10/h3-5H,2,6-7H2,1H3,(H,15,17)(H,16,20). The molecule has 3 rings (SSSR count). The third-order valence-corrected chi connectivity index (χ3v) is 5.13. The van der Waals surface area contributed by atoms with Crippen molar-refractivity contribution < 1.29 is 9.59 Å². The Labute approximate surface area is 135 Å². The lowest BCUT2D eigenvalue weighted by atomic mass is 10.1. The van der Waals surface area contributed by atoms with Gasteiger partial charge in [0.05, 0.1) is 12.2 Å². The van der Waals surface area contributed by atoms with Crippen LogP contribution in [0.1, 0.15) is 22.8 Å². The van der Waals surface area contributed by atoms with Gasteiger partial charge in [-0.25, -0.2) is 0 Å². The first kappa shape index (κ1) is 15.0. The molecule has 0 bridgehead atoms. The molecule has 0 radical (unpaired) electrons. The van der Waals surface area contributed by atoms with Gasteiger partial charge in [0.15, 0.2) is 10.1 Å². The van der Waals surface area contributed by atoms with Crippen molar-refractivity contribution in [1.82, 2.24) is 10.2 Å². The van der Waals surface area contributed by atoms with Crippen molar-refractivity contribution in [2.45, 2.75) is 17.7 Å². The highest BCUT2D eigenvalue weighted by Crippen LogP contribution is 2.27. The molecule has 1 amide bonds. The Morgan fingerprint density at radius 1 is 1.45 bits per heavy atom. The predicted molar refractivity (Wildman–Crippen MR) is 87.9 cm³/mol. The van der Waals surface area contributed by atoms with Crippen LogP contribution in [0.5, 0.6) is 0 Å². The monoisotopic (exact) mass is 334 g/mol. The maximum absolute atomic E-state index is 12.2. The van der Waals surface area contributed by atoms with E-state index in [-0.39, 0.29) is 11.7 Å². The summed E-state index contributed by atoms with van der Waals surface area (Å²) >= 11 is 2.81. The van der Waals surface area contributed by atoms with E-state index in [2.05, 4.69) is 20.8 Å². The Balaban J connectivity index is 1.62. The molecule has 0 spiro atoms. The molecular weight excluding hydrogens is 320 g/mol. The predicted octanol–water partition coefficient (Wildman–Crippen LogP) is 2.44. The summed E-state index contributed by atoms with van der Waals surface area (Å²) in [5, 5.41) is 14.6. The van der Waals surface area contributed by atoms with Gasteiger partial charge in [0.25, 0.3) is 0 Å². The average molecular weight is 334 g/mol. The van der Waals surface area contributed by atoms with Gasteiger partial charge in [-0.2, -0.15) is 0 Å². The number of aromatic nitrogens is 2. The highest BCUT2D eigenvalue weighted by molar-refractivity contribution is 8.01. The molecule has 0 saturated heterocycles. The van der Waals surface area contributed by atoms with E-state index in [9.17, 15) is 9.59 Å². The minimum absolute atomic E-state index is 0.0207. The Morgan fingerprint density at radius 3 is 3.14 bits per heavy atom. The van der Waals surface area contributed by atoms with Crippen LogP contribution in [0, 0.1) is 0 Å². The third-order valence-electron chi connectivity index (χ3n) is 3.11. The van der Waals surface area contributed by atoms with Crippen LogP contribution in [0.3, 0.4) is 0 Å². The van der Waals surface area contributed by atoms with Gasteiger partial charge >= 0.3 is 0 Å². The van der Waals surface area contributed by atoms with Crippen molar-refractivity contribution in [3.05, 3.63) is 29.3 Å². The summed E-state index contributed by atoms with van der Waals surface area (Å²) in [5.41, 5.74) is 2.30. The maximum atomic E-state index is 12.2. The topological polar surface area (TPSA) is 84.0 Å². The highest BCUT2D eigenvalue weighted by atomic mass is 32.2. The molecule has 0 unspecified atom stereocenters. The number of rotatable bonds is 6. The summed E-state index contributed by atoms with van der Waals surface area (Å²) in [5.74, 6) is 0.298. The largest absolute Gasteiger partial charge is 0.360 e. The van der Waals surface area contributed by atoms with Crippen molar-refractivity contribution >= 4 is 45.6 Å². The van der Waals surface area contributed by atoms with Crippen molar-refractivity contribution in [3.63, 3.8) is 0 Å². The normalized spacial score (nSPS) is 12.9.